The van der Waals surface area contributed by atoms with Gasteiger partial charge in [-0.25, -0.2) is 0 Å². The molecule has 0 aliphatic rings. The highest BCUT2D eigenvalue weighted by Crippen LogP contribution is 2.09. The molecule has 0 unspecified atom stereocenters. The van der Waals surface area contributed by atoms with Crippen LogP contribution in [0.1, 0.15) is 19.4 Å². The maximum absolute atomic E-state index is 10.4. The highest BCUT2D eigenvalue weighted by Gasteiger charge is 1.96. The zero-order valence-electron chi connectivity index (χ0n) is 7.95. The van der Waals surface area contributed by atoms with E-state index >= 15 is 0 Å². The Hall–Kier alpha value is -1.51. The molecular formula is C10H15NO2. The van der Waals surface area contributed by atoms with Gasteiger partial charge in [-0.1, -0.05) is 26.0 Å². The Bertz CT molecular complexity index is 254. The summed E-state index contributed by atoms with van der Waals surface area (Å²) in [5, 5.41) is 8.87. The number of nitrogens with two attached hydrogens (primary N) is 1. The number of rotatable bonds is 2. The first-order valence-electron chi connectivity index (χ1n) is 4.24. The first-order valence-corrected chi connectivity index (χ1v) is 4.24. The summed E-state index contributed by atoms with van der Waals surface area (Å²) in [4.78, 5) is 10.4. The first kappa shape index (κ1) is 11.5. The van der Waals surface area contributed by atoms with Crippen molar-refractivity contribution in [2.75, 3.05) is 0 Å². The third-order valence-corrected chi connectivity index (χ3v) is 1.31. The molecule has 1 rings (SSSR count). The molecule has 0 heterocycles. The van der Waals surface area contributed by atoms with E-state index in [1.165, 1.54) is 12.1 Å². The average Bonchev–Trinajstić information content (AvgIpc) is 2.12. The Balaban J connectivity index is 0.000000671. The molecule has 1 aromatic rings. The van der Waals surface area contributed by atoms with Gasteiger partial charge in [0.2, 0.25) is 5.91 Å². The van der Waals surface area contributed by atoms with Gasteiger partial charge >= 0.3 is 0 Å². The molecule has 0 aliphatic heterocycles. The summed E-state index contributed by atoms with van der Waals surface area (Å²) in [5.74, 6) is -0.172. The van der Waals surface area contributed by atoms with Crippen LogP contribution in [-0.2, 0) is 11.2 Å². The normalized spacial score (nSPS) is 8.46. The quantitative estimate of drug-likeness (QED) is 0.725. The van der Waals surface area contributed by atoms with E-state index in [1.54, 1.807) is 12.1 Å². The molecule has 3 nitrogen and oxygen atoms in total. The summed E-state index contributed by atoms with van der Waals surface area (Å²) < 4.78 is 0. The van der Waals surface area contributed by atoms with Gasteiger partial charge in [0.15, 0.2) is 0 Å². The summed E-state index contributed by atoms with van der Waals surface area (Å²) in [6, 6.07) is 6.39. The predicted octanol–water partition coefficient (Wildman–Crippen LogP) is 1.45. The molecule has 0 fully saturated rings. The molecule has 0 aromatic heterocycles. The van der Waals surface area contributed by atoms with Crippen LogP contribution in [-0.4, -0.2) is 11.0 Å². The average molecular weight is 181 g/mol. The maximum atomic E-state index is 10.4. The topological polar surface area (TPSA) is 63.3 Å². The molecule has 0 saturated heterocycles. The number of aromatic hydroxyl groups is 1. The summed E-state index contributed by atoms with van der Waals surface area (Å²) in [6.07, 6.45) is 0.222. The summed E-state index contributed by atoms with van der Waals surface area (Å²) >= 11 is 0. The molecule has 1 aromatic carbocycles. The van der Waals surface area contributed by atoms with Crippen molar-refractivity contribution in [3.8, 4) is 5.75 Å². The predicted molar refractivity (Wildman–Crippen MR) is 52.4 cm³/mol. The van der Waals surface area contributed by atoms with E-state index in [0.717, 1.165) is 5.56 Å². The Kier molecular flexibility index (Phi) is 5.35. The summed E-state index contributed by atoms with van der Waals surface area (Å²) in [5.41, 5.74) is 5.78. The Morgan fingerprint density at radius 1 is 1.31 bits per heavy atom. The van der Waals surface area contributed by atoms with Gasteiger partial charge in [-0.05, 0) is 17.7 Å². The van der Waals surface area contributed by atoms with E-state index in [-0.39, 0.29) is 18.1 Å². The zero-order valence-corrected chi connectivity index (χ0v) is 7.95. The van der Waals surface area contributed by atoms with Crippen LogP contribution >= 0.6 is 0 Å². The van der Waals surface area contributed by atoms with Gasteiger partial charge in [0.05, 0.1) is 6.42 Å². The van der Waals surface area contributed by atoms with E-state index < -0.39 is 0 Å². The number of carbonyl (C=O) groups is 1. The number of phenols is 1. The standard InChI is InChI=1S/C8H9NO2.C2H6/c9-8(11)5-6-1-3-7(10)4-2-6;1-2/h1-4,10H,5H2,(H2,9,11);1-2H3. The Morgan fingerprint density at radius 3 is 2.15 bits per heavy atom. The molecule has 0 saturated carbocycles. The third-order valence-electron chi connectivity index (χ3n) is 1.31. The largest absolute Gasteiger partial charge is 0.508 e. The number of carbonyl (C=O) groups excluding carboxylic acids is 1. The molecule has 3 N–H and O–H groups in total. The van der Waals surface area contributed by atoms with Gasteiger partial charge in [-0.15, -0.1) is 0 Å². The molecule has 1 amide bonds. The van der Waals surface area contributed by atoms with Gasteiger partial charge in [-0.3, -0.25) is 4.79 Å². The van der Waals surface area contributed by atoms with Crippen LogP contribution in [0.5, 0.6) is 5.75 Å². The van der Waals surface area contributed by atoms with E-state index in [0.29, 0.717) is 0 Å². The highest BCUT2D eigenvalue weighted by atomic mass is 16.3. The molecular weight excluding hydrogens is 166 g/mol. The molecule has 0 bridgehead atoms. The number of hydrogen-bond donors (Lipinski definition) is 2. The second kappa shape index (κ2) is 6.06. The van der Waals surface area contributed by atoms with E-state index in [2.05, 4.69) is 0 Å². The minimum Gasteiger partial charge on any atom is -0.508 e. The number of hydrogen-bond acceptors (Lipinski definition) is 2. The number of amides is 1. The second-order valence-electron chi connectivity index (χ2n) is 2.31. The molecule has 0 spiro atoms. The maximum Gasteiger partial charge on any atom is 0.221 e. The van der Waals surface area contributed by atoms with Gasteiger partial charge in [0, 0.05) is 0 Å². The van der Waals surface area contributed by atoms with Crippen LogP contribution in [0.15, 0.2) is 24.3 Å². The lowest BCUT2D eigenvalue weighted by atomic mass is 10.1. The van der Waals surface area contributed by atoms with E-state index in [9.17, 15) is 4.79 Å². The number of benzene rings is 1. The summed E-state index contributed by atoms with van der Waals surface area (Å²) in [7, 11) is 0. The lowest BCUT2D eigenvalue weighted by molar-refractivity contribution is -0.117. The van der Waals surface area contributed by atoms with Crippen molar-refractivity contribution in [3.05, 3.63) is 29.8 Å². The highest BCUT2D eigenvalue weighted by molar-refractivity contribution is 5.76. The monoisotopic (exact) mass is 181 g/mol. The fourth-order valence-corrected chi connectivity index (χ4v) is 0.815. The smallest absolute Gasteiger partial charge is 0.221 e. The van der Waals surface area contributed by atoms with Crippen molar-refractivity contribution >= 4 is 5.91 Å². The molecule has 72 valence electrons. The fraction of sp³-hybridized carbons (Fsp3) is 0.300. The van der Waals surface area contributed by atoms with Crippen LogP contribution in [0.2, 0.25) is 0 Å². The van der Waals surface area contributed by atoms with E-state index in [1.807, 2.05) is 13.8 Å². The van der Waals surface area contributed by atoms with Crippen molar-refractivity contribution in [2.24, 2.45) is 5.73 Å². The van der Waals surface area contributed by atoms with Crippen molar-refractivity contribution in [1.29, 1.82) is 0 Å². The number of phenolic OH excluding ortho intramolecular Hbond substituents is 1. The van der Waals surface area contributed by atoms with Crippen LogP contribution in [0, 0.1) is 0 Å². The van der Waals surface area contributed by atoms with Crippen molar-refractivity contribution < 1.29 is 9.90 Å². The van der Waals surface area contributed by atoms with Gasteiger partial charge in [-0.2, -0.15) is 0 Å². The molecule has 3 heteroatoms. The lowest BCUT2D eigenvalue weighted by Gasteiger charge is -1.96. The van der Waals surface area contributed by atoms with Gasteiger partial charge in [0.25, 0.3) is 0 Å². The van der Waals surface area contributed by atoms with Crippen molar-refractivity contribution in [2.45, 2.75) is 20.3 Å². The molecule has 13 heavy (non-hydrogen) atoms. The van der Waals surface area contributed by atoms with Crippen molar-refractivity contribution in [1.82, 2.24) is 0 Å². The molecule has 0 aliphatic carbocycles. The number of primary amides is 1. The third kappa shape index (κ3) is 4.85. The van der Waals surface area contributed by atoms with Gasteiger partial charge < -0.3 is 10.8 Å². The second-order valence-corrected chi connectivity index (χ2v) is 2.31. The lowest BCUT2D eigenvalue weighted by Crippen LogP contribution is -2.13. The Morgan fingerprint density at radius 2 is 1.77 bits per heavy atom. The van der Waals surface area contributed by atoms with Crippen LogP contribution in [0.4, 0.5) is 0 Å². The van der Waals surface area contributed by atoms with Gasteiger partial charge in [0.1, 0.15) is 5.75 Å². The summed E-state index contributed by atoms with van der Waals surface area (Å²) in [6.45, 7) is 4.00. The Labute approximate surface area is 78.2 Å². The minimum absolute atomic E-state index is 0.193. The minimum atomic E-state index is -0.365. The molecule has 0 atom stereocenters. The zero-order chi connectivity index (χ0) is 10.3. The van der Waals surface area contributed by atoms with Crippen molar-refractivity contribution in [3.63, 3.8) is 0 Å². The first-order chi connectivity index (χ1) is 6.18. The van der Waals surface area contributed by atoms with Crippen LogP contribution in [0.3, 0.4) is 0 Å². The SMILES string of the molecule is CC.NC(=O)Cc1ccc(O)cc1. The van der Waals surface area contributed by atoms with Crippen LogP contribution < -0.4 is 5.73 Å². The molecule has 0 radical (unpaired) electrons. The van der Waals surface area contributed by atoms with Crippen LogP contribution in [0.25, 0.3) is 0 Å². The van der Waals surface area contributed by atoms with E-state index in [4.69, 9.17) is 10.8 Å². The fourth-order valence-electron chi connectivity index (χ4n) is 0.815.